The van der Waals surface area contributed by atoms with E-state index in [2.05, 4.69) is 4.90 Å². The molecule has 0 atom stereocenters. The first-order chi connectivity index (χ1) is 11.6. The number of amides is 1. The Balaban J connectivity index is 1.81. The molecular weight excluding hydrogens is 304 g/mol. The molecule has 24 heavy (non-hydrogen) atoms. The number of hydrogen-bond acceptors (Lipinski definition) is 4. The number of nitrogens with zero attached hydrogens (tertiary/aromatic N) is 2. The second kappa shape index (κ2) is 5.53. The van der Waals surface area contributed by atoms with E-state index in [9.17, 15) is 9.59 Å². The van der Waals surface area contributed by atoms with Crippen molar-refractivity contribution < 1.29 is 9.21 Å². The van der Waals surface area contributed by atoms with E-state index in [0.717, 1.165) is 16.8 Å². The van der Waals surface area contributed by atoms with Gasteiger partial charge in [-0.1, -0.05) is 30.3 Å². The van der Waals surface area contributed by atoms with Gasteiger partial charge in [0.1, 0.15) is 11.1 Å². The van der Waals surface area contributed by atoms with Crippen LogP contribution in [0.1, 0.15) is 10.4 Å². The minimum Gasteiger partial charge on any atom is -0.422 e. The maximum atomic E-state index is 13.0. The highest BCUT2D eigenvalue weighted by molar-refractivity contribution is 6.09. The van der Waals surface area contributed by atoms with Crippen molar-refractivity contribution >= 4 is 28.3 Å². The number of benzene rings is 2. The van der Waals surface area contributed by atoms with E-state index >= 15 is 0 Å². The van der Waals surface area contributed by atoms with Gasteiger partial charge in [-0.15, -0.1) is 0 Å². The Labute approximate surface area is 138 Å². The van der Waals surface area contributed by atoms with Gasteiger partial charge in [0.05, 0.1) is 11.4 Å². The average molecular weight is 320 g/mol. The molecule has 5 nitrogen and oxygen atoms in total. The smallest absolute Gasteiger partial charge is 0.349 e. The fourth-order valence-corrected chi connectivity index (χ4v) is 3.07. The summed E-state index contributed by atoms with van der Waals surface area (Å²) in [6, 6.07) is 16.5. The van der Waals surface area contributed by atoms with Crippen LogP contribution < -0.4 is 15.4 Å². The summed E-state index contributed by atoms with van der Waals surface area (Å²) in [7, 11) is 1.99. The van der Waals surface area contributed by atoms with Gasteiger partial charge in [-0.3, -0.25) is 4.79 Å². The van der Waals surface area contributed by atoms with Gasteiger partial charge in [0.2, 0.25) is 0 Å². The van der Waals surface area contributed by atoms with E-state index < -0.39 is 5.63 Å². The topological polar surface area (TPSA) is 53.8 Å². The second-order valence-electron chi connectivity index (χ2n) is 5.85. The van der Waals surface area contributed by atoms with Crippen molar-refractivity contribution in [2.24, 2.45) is 0 Å². The van der Waals surface area contributed by atoms with Gasteiger partial charge in [0.15, 0.2) is 0 Å². The number of carbonyl (C=O) groups excluding carboxylic acids is 1. The SMILES string of the molecule is CN1CCN(C(=O)c2cc3ccccc3oc2=O)c2ccccc21. The van der Waals surface area contributed by atoms with Crippen LogP contribution in [0.25, 0.3) is 11.0 Å². The Bertz CT molecular complexity index is 993. The Morgan fingerprint density at radius 3 is 2.54 bits per heavy atom. The highest BCUT2D eigenvalue weighted by Gasteiger charge is 2.27. The Morgan fingerprint density at radius 1 is 1.00 bits per heavy atom. The molecular formula is C19H16N2O3. The number of fused-ring (bicyclic) bond motifs is 2. The van der Waals surface area contributed by atoms with Crippen molar-refractivity contribution in [2.75, 3.05) is 29.9 Å². The fraction of sp³-hybridized carbons (Fsp3) is 0.158. The van der Waals surface area contributed by atoms with Crippen LogP contribution in [0.5, 0.6) is 0 Å². The van der Waals surface area contributed by atoms with Gasteiger partial charge in [-0.05, 0) is 24.3 Å². The van der Waals surface area contributed by atoms with Crippen molar-refractivity contribution in [1.82, 2.24) is 0 Å². The highest BCUT2D eigenvalue weighted by Crippen LogP contribution is 2.32. The number of para-hydroxylation sites is 3. The number of carbonyl (C=O) groups is 1. The lowest BCUT2D eigenvalue weighted by molar-refractivity contribution is 0.0983. The minimum absolute atomic E-state index is 0.0630. The van der Waals surface area contributed by atoms with E-state index in [-0.39, 0.29) is 11.5 Å². The quantitative estimate of drug-likeness (QED) is 0.647. The predicted octanol–water partition coefficient (Wildman–Crippen LogP) is 2.89. The van der Waals surface area contributed by atoms with Crippen LogP contribution >= 0.6 is 0 Å². The molecule has 4 rings (SSSR count). The first-order valence-corrected chi connectivity index (χ1v) is 7.80. The van der Waals surface area contributed by atoms with Crippen LogP contribution in [0.4, 0.5) is 11.4 Å². The molecule has 0 aliphatic carbocycles. The molecule has 1 aliphatic heterocycles. The zero-order chi connectivity index (χ0) is 16.7. The third-order valence-electron chi connectivity index (χ3n) is 4.36. The molecule has 2 heterocycles. The number of likely N-dealkylation sites (N-methyl/N-ethyl adjacent to an activating group) is 1. The van der Waals surface area contributed by atoms with Crippen LogP contribution in [-0.2, 0) is 0 Å². The zero-order valence-corrected chi connectivity index (χ0v) is 13.2. The summed E-state index contributed by atoms with van der Waals surface area (Å²) in [5.74, 6) is -0.324. The monoisotopic (exact) mass is 320 g/mol. The lowest BCUT2D eigenvalue weighted by Crippen LogP contribution is -2.43. The predicted molar refractivity (Wildman–Crippen MR) is 93.9 cm³/mol. The summed E-state index contributed by atoms with van der Waals surface area (Å²) in [5.41, 5.74) is 1.73. The lowest BCUT2D eigenvalue weighted by atomic mass is 10.1. The van der Waals surface area contributed by atoms with E-state index in [1.165, 1.54) is 0 Å². The molecule has 1 aliphatic rings. The Hall–Kier alpha value is -3.08. The summed E-state index contributed by atoms with van der Waals surface area (Å²) in [5, 5.41) is 0.739. The molecule has 0 radical (unpaired) electrons. The van der Waals surface area contributed by atoms with Gasteiger partial charge in [-0.2, -0.15) is 0 Å². The molecule has 0 N–H and O–H groups in total. The highest BCUT2D eigenvalue weighted by atomic mass is 16.4. The van der Waals surface area contributed by atoms with Gasteiger partial charge in [-0.25, -0.2) is 4.79 Å². The summed E-state index contributed by atoms with van der Waals surface area (Å²) in [4.78, 5) is 29.0. The van der Waals surface area contributed by atoms with Gasteiger partial charge >= 0.3 is 5.63 Å². The van der Waals surface area contributed by atoms with Crippen molar-refractivity contribution in [2.45, 2.75) is 0 Å². The summed E-state index contributed by atoms with van der Waals surface area (Å²) in [6.45, 7) is 1.24. The molecule has 0 saturated carbocycles. The van der Waals surface area contributed by atoms with Crippen LogP contribution in [0.3, 0.4) is 0 Å². The first kappa shape index (κ1) is 14.5. The summed E-state index contributed by atoms with van der Waals surface area (Å²) in [6.07, 6.45) is 0. The van der Waals surface area contributed by atoms with Crippen LogP contribution in [0.15, 0.2) is 63.8 Å². The normalized spacial score (nSPS) is 13.9. The summed E-state index contributed by atoms with van der Waals surface area (Å²) < 4.78 is 5.30. The Morgan fingerprint density at radius 2 is 1.71 bits per heavy atom. The number of anilines is 2. The van der Waals surface area contributed by atoms with E-state index in [4.69, 9.17) is 4.42 Å². The fourth-order valence-electron chi connectivity index (χ4n) is 3.07. The molecule has 3 aromatic rings. The van der Waals surface area contributed by atoms with Gasteiger partial charge in [0, 0.05) is 25.5 Å². The van der Waals surface area contributed by atoms with Crippen LogP contribution in [0.2, 0.25) is 0 Å². The van der Waals surface area contributed by atoms with E-state index in [0.29, 0.717) is 18.7 Å². The third kappa shape index (κ3) is 2.25. The van der Waals surface area contributed by atoms with Crippen molar-refractivity contribution in [3.8, 4) is 0 Å². The molecule has 0 bridgehead atoms. The van der Waals surface area contributed by atoms with Crippen LogP contribution in [0, 0.1) is 0 Å². The molecule has 2 aromatic carbocycles. The van der Waals surface area contributed by atoms with E-state index in [1.54, 1.807) is 23.1 Å². The van der Waals surface area contributed by atoms with Crippen LogP contribution in [-0.4, -0.2) is 26.0 Å². The van der Waals surface area contributed by atoms with E-state index in [1.807, 2.05) is 43.4 Å². The molecule has 1 amide bonds. The summed E-state index contributed by atoms with van der Waals surface area (Å²) >= 11 is 0. The van der Waals surface area contributed by atoms with Crippen molar-refractivity contribution in [1.29, 1.82) is 0 Å². The molecule has 5 heteroatoms. The average Bonchev–Trinajstić information content (AvgIpc) is 2.61. The number of rotatable bonds is 1. The minimum atomic E-state index is -0.602. The maximum Gasteiger partial charge on any atom is 0.349 e. The molecule has 120 valence electrons. The third-order valence-corrected chi connectivity index (χ3v) is 4.36. The van der Waals surface area contributed by atoms with Crippen molar-refractivity contribution in [3.05, 3.63) is 70.6 Å². The molecule has 0 spiro atoms. The molecule has 1 aromatic heterocycles. The zero-order valence-electron chi connectivity index (χ0n) is 13.2. The van der Waals surface area contributed by atoms with Gasteiger partial charge in [0.25, 0.3) is 5.91 Å². The maximum absolute atomic E-state index is 13.0. The lowest BCUT2D eigenvalue weighted by Gasteiger charge is -2.35. The molecule has 0 fully saturated rings. The van der Waals surface area contributed by atoms with Gasteiger partial charge < -0.3 is 14.2 Å². The van der Waals surface area contributed by atoms with Crippen molar-refractivity contribution in [3.63, 3.8) is 0 Å². The Kier molecular flexibility index (Phi) is 3.34. The second-order valence-corrected chi connectivity index (χ2v) is 5.85. The largest absolute Gasteiger partial charge is 0.422 e. The first-order valence-electron chi connectivity index (χ1n) is 7.80. The number of hydrogen-bond donors (Lipinski definition) is 0. The standard InChI is InChI=1S/C19H16N2O3/c1-20-10-11-21(16-8-4-3-7-15(16)20)18(22)14-12-13-6-2-5-9-17(13)24-19(14)23/h2-9,12H,10-11H2,1H3. The molecule has 0 unspecified atom stereocenters. The molecule has 0 saturated heterocycles.